The third-order valence-electron chi connectivity index (χ3n) is 3.39. The summed E-state index contributed by atoms with van der Waals surface area (Å²) in [6.07, 6.45) is 0. The number of carbonyl (C=O) groups excluding carboxylic acids is 1. The maximum absolute atomic E-state index is 14.2. The van der Waals surface area contributed by atoms with Crippen LogP contribution >= 0.6 is 0 Å². The van der Waals surface area contributed by atoms with E-state index in [1.165, 1.54) is 24.3 Å². The molecule has 25 heavy (non-hydrogen) atoms. The van der Waals surface area contributed by atoms with Crippen LogP contribution in [-0.2, 0) is 19.7 Å². The molecule has 0 aliphatic carbocycles. The molecule has 0 amide bonds. The van der Waals surface area contributed by atoms with E-state index < -0.39 is 27.7 Å². The lowest BCUT2D eigenvalue weighted by Gasteiger charge is -2.15. The Labute approximate surface area is 145 Å². The van der Waals surface area contributed by atoms with Gasteiger partial charge in [-0.3, -0.25) is 9.78 Å². The van der Waals surface area contributed by atoms with Crippen LogP contribution < -0.4 is 9.61 Å². The van der Waals surface area contributed by atoms with E-state index in [2.05, 4.69) is 14.5 Å². The molecule has 0 saturated carbocycles. The quantitative estimate of drug-likeness (QED) is 0.601. The Morgan fingerprint density at radius 2 is 1.88 bits per heavy atom. The SMILES string of the molecule is CC(=O)OOc1ccc(C(C)CNS(=O)(=O)c2ccccc2)c(F)c1. The van der Waals surface area contributed by atoms with Gasteiger partial charge >= 0.3 is 5.97 Å². The van der Waals surface area contributed by atoms with Crippen LogP contribution in [0.25, 0.3) is 0 Å². The van der Waals surface area contributed by atoms with Gasteiger partial charge in [0, 0.05) is 19.5 Å². The Hall–Kier alpha value is -2.45. The number of rotatable bonds is 7. The molecular formula is C17H18FNO5S. The maximum Gasteiger partial charge on any atom is 0.352 e. The van der Waals surface area contributed by atoms with Crippen molar-refractivity contribution in [1.29, 1.82) is 0 Å². The predicted molar refractivity (Wildman–Crippen MR) is 88.8 cm³/mol. The van der Waals surface area contributed by atoms with Gasteiger partial charge in [0.15, 0.2) is 5.75 Å². The molecule has 1 N–H and O–H groups in total. The summed E-state index contributed by atoms with van der Waals surface area (Å²) in [4.78, 5) is 19.8. The third kappa shape index (κ3) is 5.27. The molecule has 1 atom stereocenters. The van der Waals surface area contributed by atoms with Crippen LogP contribution in [0.5, 0.6) is 5.75 Å². The number of sulfonamides is 1. The van der Waals surface area contributed by atoms with Gasteiger partial charge in [0.05, 0.1) is 4.90 Å². The molecule has 6 nitrogen and oxygen atoms in total. The fraction of sp³-hybridized carbons (Fsp3) is 0.235. The Morgan fingerprint density at radius 1 is 1.20 bits per heavy atom. The Kier molecular flexibility index (Phi) is 6.11. The molecule has 2 aromatic carbocycles. The molecule has 1 unspecified atom stereocenters. The molecule has 0 spiro atoms. The summed E-state index contributed by atoms with van der Waals surface area (Å²) >= 11 is 0. The van der Waals surface area contributed by atoms with E-state index in [1.54, 1.807) is 25.1 Å². The van der Waals surface area contributed by atoms with Crippen LogP contribution in [0.1, 0.15) is 25.3 Å². The molecule has 0 saturated heterocycles. The smallest absolute Gasteiger partial charge is 0.287 e. The van der Waals surface area contributed by atoms with Gasteiger partial charge in [-0.2, -0.15) is 0 Å². The van der Waals surface area contributed by atoms with Gasteiger partial charge in [0.1, 0.15) is 5.82 Å². The zero-order valence-electron chi connectivity index (χ0n) is 13.7. The summed E-state index contributed by atoms with van der Waals surface area (Å²) in [6, 6.07) is 11.9. The molecule has 0 bridgehead atoms. The minimum absolute atomic E-state index is 0.0261. The molecule has 0 heterocycles. The normalized spacial score (nSPS) is 12.4. The third-order valence-corrected chi connectivity index (χ3v) is 4.83. The van der Waals surface area contributed by atoms with Crippen molar-refractivity contribution in [2.75, 3.05) is 6.54 Å². The van der Waals surface area contributed by atoms with Crippen molar-refractivity contribution in [3.8, 4) is 5.75 Å². The number of halogens is 1. The molecular weight excluding hydrogens is 349 g/mol. The van der Waals surface area contributed by atoms with Crippen LogP contribution in [-0.4, -0.2) is 20.9 Å². The van der Waals surface area contributed by atoms with Crippen LogP contribution in [0.15, 0.2) is 53.4 Å². The topological polar surface area (TPSA) is 81.7 Å². The average Bonchev–Trinajstić information content (AvgIpc) is 2.59. The van der Waals surface area contributed by atoms with Crippen molar-refractivity contribution in [3.63, 3.8) is 0 Å². The maximum atomic E-state index is 14.2. The predicted octanol–water partition coefficient (Wildman–Crippen LogP) is 2.76. The van der Waals surface area contributed by atoms with Crippen molar-refractivity contribution >= 4 is 16.0 Å². The highest BCUT2D eigenvalue weighted by molar-refractivity contribution is 7.89. The van der Waals surface area contributed by atoms with Crippen LogP contribution in [0.2, 0.25) is 0 Å². The molecule has 0 fully saturated rings. The van der Waals surface area contributed by atoms with E-state index in [0.717, 1.165) is 13.0 Å². The average molecular weight is 367 g/mol. The monoisotopic (exact) mass is 367 g/mol. The molecule has 0 aliphatic rings. The number of carbonyl (C=O) groups is 1. The summed E-state index contributed by atoms with van der Waals surface area (Å²) in [5, 5.41) is 0. The van der Waals surface area contributed by atoms with Gasteiger partial charge in [-0.15, -0.1) is 0 Å². The van der Waals surface area contributed by atoms with E-state index in [9.17, 15) is 17.6 Å². The molecule has 0 aromatic heterocycles. The minimum Gasteiger partial charge on any atom is -0.287 e. The molecule has 2 aromatic rings. The lowest BCUT2D eigenvalue weighted by molar-refractivity contribution is -0.210. The first kappa shape index (κ1) is 18.9. The molecule has 2 rings (SSSR count). The second-order valence-electron chi connectivity index (χ2n) is 5.41. The summed E-state index contributed by atoms with van der Waals surface area (Å²) < 4.78 is 41.0. The molecule has 8 heteroatoms. The van der Waals surface area contributed by atoms with Gasteiger partial charge in [-0.25, -0.2) is 22.3 Å². The number of benzene rings is 2. The lowest BCUT2D eigenvalue weighted by Crippen LogP contribution is -2.28. The van der Waals surface area contributed by atoms with Crippen LogP contribution in [0.4, 0.5) is 4.39 Å². The minimum atomic E-state index is -3.66. The number of hydrogen-bond acceptors (Lipinski definition) is 5. The fourth-order valence-electron chi connectivity index (χ4n) is 2.09. The lowest BCUT2D eigenvalue weighted by atomic mass is 10.0. The highest BCUT2D eigenvalue weighted by Crippen LogP contribution is 2.23. The van der Waals surface area contributed by atoms with E-state index in [1.807, 2.05) is 0 Å². The van der Waals surface area contributed by atoms with Crippen molar-refractivity contribution < 1.29 is 27.4 Å². The molecule has 0 aliphatic heterocycles. The van der Waals surface area contributed by atoms with Crippen LogP contribution in [0, 0.1) is 5.82 Å². The second kappa shape index (κ2) is 8.09. The summed E-state index contributed by atoms with van der Waals surface area (Å²) in [5.74, 6) is -1.63. The number of nitrogens with one attached hydrogen (secondary N) is 1. The first-order valence-electron chi connectivity index (χ1n) is 7.49. The van der Waals surface area contributed by atoms with E-state index in [4.69, 9.17) is 0 Å². The first-order valence-corrected chi connectivity index (χ1v) is 8.97. The fourth-order valence-corrected chi connectivity index (χ4v) is 3.25. The zero-order valence-corrected chi connectivity index (χ0v) is 14.5. The van der Waals surface area contributed by atoms with Crippen molar-refractivity contribution in [1.82, 2.24) is 4.72 Å². The van der Waals surface area contributed by atoms with Gasteiger partial charge in [0.25, 0.3) is 0 Å². The Bertz CT molecular complexity index is 839. The summed E-state index contributed by atoms with van der Waals surface area (Å²) in [5.41, 5.74) is 0.311. The van der Waals surface area contributed by atoms with E-state index in [-0.39, 0.29) is 17.2 Å². The Balaban J connectivity index is 2.03. The van der Waals surface area contributed by atoms with Gasteiger partial charge < -0.3 is 0 Å². The van der Waals surface area contributed by atoms with Crippen molar-refractivity contribution in [2.24, 2.45) is 0 Å². The molecule has 0 radical (unpaired) electrons. The van der Waals surface area contributed by atoms with Crippen molar-refractivity contribution in [2.45, 2.75) is 24.7 Å². The standard InChI is InChI=1S/C17H18FNO5S/c1-12(11-19-25(21,22)15-6-4-3-5-7-15)16-9-8-14(10-17(16)18)24-23-13(2)20/h3-10,12,19H,11H2,1-2H3. The van der Waals surface area contributed by atoms with Gasteiger partial charge in [-0.1, -0.05) is 31.2 Å². The summed E-state index contributed by atoms with van der Waals surface area (Å²) in [7, 11) is -3.66. The van der Waals surface area contributed by atoms with Crippen molar-refractivity contribution in [3.05, 3.63) is 59.9 Å². The van der Waals surface area contributed by atoms with E-state index in [0.29, 0.717) is 5.56 Å². The van der Waals surface area contributed by atoms with Gasteiger partial charge in [-0.05, 0) is 29.7 Å². The first-order chi connectivity index (χ1) is 11.8. The highest BCUT2D eigenvalue weighted by atomic mass is 32.2. The van der Waals surface area contributed by atoms with E-state index >= 15 is 0 Å². The zero-order chi connectivity index (χ0) is 18.4. The van der Waals surface area contributed by atoms with Gasteiger partial charge in [0.2, 0.25) is 10.0 Å². The highest BCUT2D eigenvalue weighted by Gasteiger charge is 2.18. The molecule has 134 valence electrons. The number of hydrogen-bond donors (Lipinski definition) is 1. The summed E-state index contributed by atoms with van der Waals surface area (Å²) in [6.45, 7) is 2.88. The van der Waals surface area contributed by atoms with Crippen LogP contribution in [0.3, 0.4) is 0 Å². The Morgan fingerprint density at radius 3 is 2.48 bits per heavy atom. The largest absolute Gasteiger partial charge is 0.352 e. The second-order valence-corrected chi connectivity index (χ2v) is 7.17.